The minimum Gasteiger partial charge on any atom is -0.467 e. The van der Waals surface area contributed by atoms with Gasteiger partial charge in [-0.25, -0.2) is 4.79 Å². The van der Waals surface area contributed by atoms with Crippen molar-refractivity contribution >= 4 is 17.6 Å². The van der Waals surface area contributed by atoms with Crippen molar-refractivity contribution in [3.05, 3.63) is 39.7 Å². The Labute approximate surface area is 113 Å². The molecule has 1 aromatic carbocycles. The van der Waals surface area contributed by atoms with Crippen LogP contribution in [-0.2, 0) is 9.53 Å². The zero-order valence-electron chi connectivity index (χ0n) is 11.1. The molecule has 1 rings (SSSR count). The fraction of sp³-hybridized carbons (Fsp3) is 0.333. The van der Waals surface area contributed by atoms with Gasteiger partial charge < -0.3 is 10.1 Å². The van der Waals surface area contributed by atoms with E-state index in [-0.39, 0.29) is 5.56 Å². The minimum atomic E-state index is -1.30. The van der Waals surface area contributed by atoms with Crippen molar-refractivity contribution in [1.82, 2.24) is 5.32 Å². The molecule has 108 valence electrons. The molecule has 1 N–H and O–H groups in total. The number of hydrogen-bond donors (Lipinski definition) is 1. The number of nitrogens with one attached hydrogen (secondary N) is 1. The van der Waals surface area contributed by atoms with Crippen molar-refractivity contribution in [2.75, 3.05) is 7.11 Å². The van der Waals surface area contributed by atoms with E-state index in [0.29, 0.717) is 0 Å². The Hall–Kier alpha value is -2.51. The number of methoxy groups -OCH3 is 1. The molecule has 0 saturated carbocycles. The highest BCUT2D eigenvalue weighted by molar-refractivity contribution is 5.98. The van der Waals surface area contributed by atoms with Crippen molar-refractivity contribution < 1.29 is 23.6 Å². The molecule has 0 atom stereocenters. The molecule has 0 aliphatic heterocycles. The predicted octanol–water partition coefficient (Wildman–Crippen LogP) is 1.42. The Morgan fingerprint density at radius 1 is 1.40 bits per heavy atom. The van der Waals surface area contributed by atoms with Crippen molar-refractivity contribution in [2.24, 2.45) is 0 Å². The third-order valence-corrected chi connectivity index (χ3v) is 2.53. The monoisotopic (exact) mass is 284 g/mol. The van der Waals surface area contributed by atoms with Crippen molar-refractivity contribution in [3.63, 3.8) is 0 Å². The SMILES string of the molecule is COC(=O)C(C)(C)NC(=O)c1ccc([N+](=O)[O-])c(F)c1. The van der Waals surface area contributed by atoms with E-state index >= 15 is 0 Å². The molecule has 1 amide bonds. The average Bonchev–Trinajstić information content (AvgIpc) is 2.36. The van der Waals surface area contributed by atoms with Gasteiger partial charge in [0, 0.05) is 11.6 Å². The number of amides is 1. The van der Waals surface area contributed by atoms with E-state index in [1.165, 1.54) is 21.0 Å². The van der Waals surface area contributed by atoms with E-state index in [0.717, 1.165) is 18.2 Å². The summed E-state index contributed by atoms with van der Waals surface area (Å²) < 4.78 is 17.9. The van der Waals surface area contributed by atoms with Crippen LogP contribution < -0.4 is 5.32 Å². The Morgan fingerprint density at radius 2 is 2.00 bits per heavy atom. The Kier molecular flexibility index (Phi) is 4.38. The summed E-state index contributed by atoms with van der Waals surface area (Å²) in [6, 6.07) is 2.72. The zero-order chi connectivity index (χ0) is 15.5. The van der Waals surface area contributed by atoms with Gasteiger partial charge in [0.15, 0.2) is 0 Å². The van der Waals surface area contributed by atoms with E-state index in [1.54, 1.807) is 0 Å². The molecule has 0 aliphatic carbocycles. The lowest BCUT2D eigenvalue weighted by molar-refractivity contribution is -0.387. The van der Waals surface area contributed by atoms with Gasteiger partial charge in [-0.1, -0.05) is 0 Å². The van der Waals surface area contributed by atoms with Crippen LogP contribution in [0, 0.1) is 15.9 Å². The fourth-order valence-corrected chi connectivity index (χ4v) is 1.46. The minimum absolute atomic E-state index is 0.134. The smallest absolute Gasteiger partial charge is 0.330 e. The van der Waals surface area contributed by atoms with Crippen LogP contribution in [0.3, 0.4) is 0 Å². The number of ether oxygens (including phenoxy) is 1. The third kappa shape index (κ3) is 3.28. The van der Waals surface area contributed by atoms with Gasteiger partial charge in [-0.3, -0.25) is 14.9 Å². The van der Waals surface area contributed by atoms with E-state index in [1.807, 2.05) is 0 Å². The van der Waals surface area contributed by atoms with E-state index < -0.39 is 33.8 Å². The lowest BCUT2D eigenvalue weighted by atomic mass is 10.0. The number of esters is 1. The number of rotatable bonds is 4. The highest BCUT2D eigenvalue weighted by Gasteiger charge is 2.31. The molecule has 0 aliphatic rings. The molecule has 0 saturated heterocycles. The van der Waals surface area contributed by atoms with E-state index in [9.17, 15) is 24.1 Å². The van der Waals surface area contributed by atoms with Crippen LogP contribution in [0.2, 0.25) is 0 Å². The van der Waals surface area contributed by atoms with Crippen LogP contribution in [-0.4, -0.2) is 29.4 Å². The lowest BCUT2D eigenvalue weighted by Gasteiger charge is -2.23. The second-order valence-electron chi connectivity index (χ2n) is 4.49. The van der Waals surface area contributed by atoms with Gasteiger partial charge in [0.25, 0.3) is 5.91 Å². The molecule has 0 aromatic heterocycles. The normalized spacial score (nSPS) is 10.8. The Bertz CT molecular complexity index is 571. The first kappa shape index (κ1) is 15.5. The molecule has 0 spiro atoms. The van der Waals surface area contributed by atoms with Gasteiger partial charge in [0.05, 0.1) is 12.0 Å². The number of carbonyl (C=O) groups excluding carboxylic acids is 2. The molecule has 1 aromatic rings. The first-order valence-electron chi connectivity index (χ1n) is 5.54. The summed E-state index contributed by atoms with van der Waals surface area (Å²) in [5.41, 5.74) is -2.16. The highest BCUT2D eigenvalue weighted by atomic mass is 19.1. The summed E-state index contributed by atoms with van der Waals surface area (Å²) in [5.74, 6) is -2.54. The van der Waals surface area contributed by atoms with Crippen LogP contribution >= 0.6 is 0 Å². The number of nitro benzene ring substituents is 1. The fourth-order valence-electron chi connectivity index (χ4n) is 1.46. The third-order valence-electron chi connectivity index (χ3n) is 2.53. The summed E-state index contributed by atoms with van der Waals surface area (Å²) in [4.78, 5) is 32.8. The average molecular weight is 284 g/mol. The number of hydrogen-bond acceptors (Lipinski definition) is 5. The number of benzene rings is 1. The van der Waals surface area contributed by atoms with Gasteiger partial charge in [-0.15, -0.1) is 0 Å². The summed E-state index contributed by atoms with van der Waals surface area (Å²) in [6.45, 7) is 2.83. The summed E-state index contributed by atoms with van der Waals surface area (Å²) in [5, 5.41) is 12.8. The molecule has 7 nitrogen and oxygen atoms in total. The molecule has 0 fully saturated rings. The quantitative estimate of drug-likeness (QED) is 0.512. The molecule has 0 radical (unpaired) electrons. The second-order valence-corrected chi connectivity index (χ2v) is 4.49. The summed E-state index contributed by atoms with van der Waals surface area (Å²) in [7, 11) is 1.17. The van der Waals surface area contributed by atoms with Crippen LogP contribution in [0.4, 0.5) is 10.1 Å². The van der Waals surface area contributed by atoms with Crippen molar-refractivity contribution in [3.8, 4) is 0 Å². The number of nitro groups is 1. The van der Waals surface area contributed by atoms with Gasteiger partial charge in [-0.05, 0) is 26.0 Å². The van der Waals surface area contributed by atoms with Crippen LogP contribution in [0.15, 0.2) is 18.2 Å². The molecular weight excluding hydrogens is 271 g/mol. The summed E-state index contributed by atoms with van der Waals surface area (Å²) in [6.07, 6.45) is 0. The molecular formula is C12H13FN2O5. The topological polar surface area (TPSA) is 98.5 Å². The van der Waals surface area contributed by atoms with Gasteiger partial charge in [0.1, 0.15) is 5.54 Å². The highest BCUT2D eigenvalue weighted by Crippen LogP contribution is 2.18. The first-order chi connectivity index (χ1) is 9.19. The number of carbonyl (C=O) groups is 2. The van der Waals surface area contributed by atoms with Crippen molar-refractivity contribution in [2.45, 2.75) is 19.4 Å². The number of halogens is 1. The standard InChI is InChI=1S/C12H13FN2O5/c1-12(2,11(17)20-3)14-10(16)7-4-5-9(15(18)19)8(13)6-7/h4-6H,1-3H3,(H,14,16). The van der Waals surface area contributed by atoms with Gasteiger partial charge >= 0.3 is 11.7 Å². The summed E-state index contributed by atoms with van der Waals surface area (Å²) >= 11 is 0. The lowest BCUT2D eigenvalue weighted by Crippen LogP contribution is -2.50. The van der Waals surface area contributed by atoms with Crippen LogP contribution in [0.1, 0.15) is 24.2 Å². The largest absolute Gasteiger partial charge is 0.467 e. The predicted molar refractivity (Wildman–Crippen MR) is 66.6 cm³/mol. The maximum atomic E-state index is 13.4. The molecule has 8 heteroatoms. The Morgan fingerprint density at radius 3 is 2.45 bits per heavy atom. The molecule has 0 bridgehead atoms. The first-order valence-corrected chi connectivity index (χ1v) is 5.54. The number of nitrogens with zero attached hydrogens (tertiary/aromatic N) is 1. The van der Waals surface area contributed by atoms with E-state index in [2.05, 4.69) is 10.1 Å². The Balaban J connectivity index is 2.97. The second kappa shape index (κ2) is 5.64. The maximum Gasteiger partial charge on any atom is 0.330 e. The van der Waals surface area contributed by atoms with E-state index in [4.69, 9.17) is 0 Å². The van der Waals surface area contributed by atoms with Crippen LogP contribution in [0.5, 0.6) is 0 Å². The zero-order valence-corrected chi connectivity index (χ0v) is 11.1. The molecule has 0 heterocycles. The maximum absolute atomic E-state index is 13.4. The van der Waals surface area contributed by atoms with Gasteiger partial charge in [0.2, 0.25) is 5.82 Å². The van der Waals surface area contributed by atoms with Gasteiger partial charge in [-0.2, -0.15) is 4.39 Å². The van der Waals surface area contributed by atoms with Crippen molar-refractivity contribution in [1.29, 1.82) is 0 Å². The van der Waals surface area contributed by atoms with Crippen LogP contribution in [0.25, 0.3) is 0 Å². The molecule has 20 heavy (non-hydrogen) atoms. The molecule has 0 unspecified atom stereocenters.